The normalized spacial score (nSPS) is 10.2. The SMILES string of the molecule is Cc1ccc(Nc2ccc([N+](=O)[O-])cc2C(=O)O)c(C)c1. The number of anilines is 2. The van der Waals surface area contributed by atoms with Crippen LogP contribution in [-0.4, -0.2) is 16.0 Å². The monoisotopic (exact) mass is 286 g/mol. The van der Waals surface area contributed by atoms with Crippen LogP contribution < -0.4 is 5.32 Å². The molecule has 0 aliphatic heterocycles. The molecule has 0 radical (unpaired) electrons. The van der Waals surface area contributed by atoms with Crippen molar-refractivity contribution < 1.29 is 14.8 Å². The topological polar surface area (TPSA) is 92.5 Å². The van der Waals surface area contributed by atoms with Gasteiger partial charge < -0.3 is 10.4 Å². The molecule has 0 heterocycles. The Kier molecular flexibility index (Phi) is 3.89. The summed E-state index contributed by atoms with van der Waals surface area (Å²) in [5.41, 5.74) is 2.75. The second-order valence-electron chi connectivity index (χ2n) is 4.74. The first-order chi connectivity index (χ1) is 9.88. The Balaban J connectivity index is 2.44. The van der Waals surface area contributed by atoms with Crippen molar-refractivity contribution >= 4 is 23.0 Å². The highest BCUT2D eigenvalue weighted by molar-refractivity contribution is 5.96. The smallest absolute Gasteiger partial charge is 0.338 e. The van der Waals surface area contributed by atoms with Gasteiger partial charge in [0, 0.05) is 17.8 Å². The van der Waals surface area contributed by atoms with E-state index < -0.39 is 10.9 Å². The third-order valence-electron chi connectivity index (χ3n) is 3.10. The number of nitro benzene ring substituents is 1. The Hall–Kier alpha value is -2.89. The number of carboxylic acids is 1. The molecule has 2 aromatic carbocycles. The molecular weight excluding hydrogens is 272 g/mol. The van der Waals surface area contributed by atoms with Crippen LogP contribution in [0.1, 0.15) is 21.5 Å². The number of non-ortho nitro benzene ring substituents is 1. The molecule has 6 nitrogen and oxygen atoms in total. The molecule has 0 bridgehead atoms. The maximum absolute atomic E-state index is 11.3. The predicted octanol–water partition coefficient (Wildman–Crippen LogP) is 3.65. The molecule has 0 fully saturated rings. The van der Waals surface area contributed by atoms with Crippen LogP contribution in [0.3, 0.4) is 0 Å². The summed E-state index contributed by atoms with van der Waals surface area (Å²) in [5.74, 6) is -1.22. The van der Waals surface area contributed by atoms with E-state index in [1.54, 1.807) is 0 Å². The molecular formula is C15H14N2O4. The summed E-state index contributed by atoms with van der Waals surface area (Å²) in [6, 6.07) is 9.44. The minimum absolute atomic E-state index is 0.135. The van der Waals surface area contributed by atoms with Gasteiger partial charge in [-0.3, -0.25) is 10.1 Å². The van der Waals surface area contributed by atoms with Gasteiger partial charge in [-0.1, -0.05) is 17.7 Å². The van der Waals surface area contributed by atoms with Crippen molar-refractivity contribution in [3.8, 4) is 0 Å². The van der Waals surface area contributed by atoms with E-state index >= 15 is 0 Å². The Morgan fingerprint density at radius 2 is 1.81 bits per heavy atom. The third-order valence-corrected chi connectivity index (χ3v) is 3.10. The number of hydrogen-bond acceptors (Lipinski definition) is 4. The van der Waals surface area contributed by atoms with E-state index in [0.29, 0.717) is 5.69 Å². The fraction of sp³-hybridized carbons (Fsp3) is 0.133. The zero-order valence-corrected chi connectivity index (χ0v) is 11.6. The number of nitro groups is 1. The molecule has 2 aromatic rings. The van der Waals surface area contributed by atoms with Crippen molar-refractivity contribution in [3.05, 3.63) is 63.2 Å². The molecule has 2 N–H and O–H groups in total. The minimum Gasteiger partial charge on any atom is -0.478 e. The van der Waals surface area contributed by atoms with E-state index in [0.717, 1.165) is 22.9 Å². The molecule has 0 amide bonds. The number of aryl methyl sites for hydroxylation is 2. The van der Waals surface area contributed by atoms with Gasteiger partial charge >= 0.3 is 5.97 Å². The van der Waals surface area contributed by atoms with Crippen molar-refractivity contribution in [1.29, 1.82) is 0 Å². The van der Waals surface area contributed by atoms with Crippen molar-refractivity contribution in [2.45, 2.75) is 13.8 Å². The lowest BCUT2D eigenvalue weighted by molar-refractivity contribution is -0.384. The van der Waals surface area contributed by atoms with Gasteiger partial charge in [-0.05, 0) is 31.5 Å². The molecule has 6 heteroatoms. The van der Waals surface area contributed by atoms with Gasteiger partial charge in [0.1, 0.15) is 0 Å². The highest BCUT2D eigenvalue weighted by Gasteiger charge is 2.16. The summed E-state index contributed by atoms with van der Waals surface area (Å²) in [6.45, 7) is 3.87. The molecule has 21 heavy (non-hydrogen) atoms. The van der Waals surface area contributed by atoms with Crippen LogP contribution in [0.5, 0.6) is 0 Å². The van der Waals surface area contributed by atoms with Gasteiger partial charge in [0.2, 0.25) is 0 Å². The summed E-state index contributed by atoms with van der Waals surface area (Å²) in [5, 5.41) is 22.9. The molecule has 0 atom stereocenters. The largest absolute Gasteiger partial charge is 0.478 e. The maximum atomic E-state index is 11.3. The second kappa shape index (κ2) is 5.62. The van der Waals surface area contributed by atoms with E-state index in [9.17, 15) is 20.0 Å². The molecule has 0 saturated heterocycles. The summed E-state index contributed by atoms with van der Waals surface area (Å²) in [4.78, 5) is 21.4. The number of nitrogens with zero attached hydrogens (tertiary/aromatic N) is 1. The minimum atomic E-state index is -1.22. The van der Waals surface area contributed by atoms with Gasteiger partial charge in [-0.25, -0.2) is 4.79 Å². The summed E-state index contributed by atoms with van der Waals surface area (Å²) in [7, 11) is 0. The number of rotatable bonds is 4. The molecule has 2 rings (SSSR count). The molecule has 0 aromatic heterocycles. The zero-order chi connectivity index (χ0) is 15.6. The van der Waals surface area contributed by atoms with Gasteiger partial charge in [0.25, 0.3) is 5.69 Å². The first-order valence-corrected chi connectivity index (χ1v) is 6.24. The molecule has 108 valence electrons. The highest BCUT2D eigenvalue weighted by Crippen LogP contribution is 2.27. The van der Waals surface area contributed by atoms with Crippen LogP contribution in [0.25, 0.3) is 0 Å². The van der Waals surface area contributed by atoms with E-state index in [1.165, 1.54) is 12.1 Å². The average molecular weight is 286 g/mol. The molecule has 0 saturated carbocycles. The molecule has 0 aliphatic rings. The lowest BCUT2D eigenvalue weighted by atomic mass is 10.1. The fourth-order valence-electron chi connectivity index (χ4n) is 2.03. The number of nitrogens with one attached hydrogen (secondary N) is 1. The van der Waals surface area contributed by atoms with Gasteiger partial charge in [-0.2, -0.15) is 0 Å². The number of hydrogen-bond donors (Lipinski definition) is 2. The van der Waals surface area contributed by atoms with Crippen LogP contribution in [0, 0.1) is 24.0 Å². The summed E-state index contributed by atoms with van der Waals surface area (Å²) < 4.78 is 0. The van der Waals surface area contributed by atoms with E-state index in [1.807, 2.05) is 32.0 Å². The predicted molar refractivity (Wildman–Crippen MR) is 79.3 cm³/mol. The van der Waals surface area contributed by atoms with Crippen LogP contribution in [0.4, 0.5) is 17.1 Å². The van der Waals surface area contributed by atoms with Crippen molar-refractivity contribution in [2.75, 3.05) is 5.32 Å². The first kappa shape index (κ1) is 14.5. The van der Waals surface area contributed by atoms with Gasteiger partial charge in [0.15, 0.2) is 0 Å². The zero-order valence-electron chi connectivity index (χ0n) is 11.6. The van der Waals surface area contributed by atoms with Crippen molar-refractivity contribution in [1.82, 2.24) is 0 Å². The van der Waals surface area contributed by atoms with Crippen LogP contribution in [-0.2, 0) is 0 Å². The standard InChI is InChI=1S/C15H14N2O4/c1-9-3-5-13(10(2)7-9)16-14-6-4-11(17(20)21)8-12(14)15(18)19/h3-8,16H,1-2H3,(H,18,19). The Morgan fingerprint density at radius 3 is 2.38 bits per heavy atom. The van der Waals surface area contributed by atoms with Gasteiger partial charge in [-0.15, -0.1) is 0 Å². The first-order valence-electron chi connectivity index (χ1n) is 6.24. The maximum Gasteiger partial charge on any atom is 0.338 e. The lowest BCUT2D eigenvalue weighted by Crippen LogP contribution is -2.04. The molecule has 0 aliphatic carbocycles. The van der Waals surface area contributed by atoms with Crippen LogP contribution in [0.2, 0.25) is 0 Å². The van der Waals surface area contributed by atoms with Crippen LogP contribution >= 0.6 is 0 Å². The Labute approximate surface area is 121 Å². The van der Waals surface area contributed by atoms with Crippen molar-refractivity contribution in [3.63, 3.8) is 0 Å². The quantitative estimate of drug-likeness (QED) is 0.661. The Bertz CT molecular complexity index is 726. The number of aromatic carboxylic acids is 1. The number of carbonyl (C=O) groups is 1. The fourth-order valence-corrected chi connectivity index (χ4v) is 2.03. The highest BCUT2D eigenvalue weighted by atomic mass is 16.6. The summed E-state index contributed by atoms with van der Waals surface area (Å²) in [6.07, 6.45) is 0. The van der Waals surface area contributed by atoms with E-state index in [-0.39, 0.29) is 11.3 Å². The second-order valence-corrected chi connectivity index (χ2v) is 4.74. The number of carboxylic acid groups (broad SMARTS) is 1. The Morgan fingerprint density at radius 1 is 1.14 bits per heavy atom. The third kappa shape index (κ3) is 3.17. The van der Waals surface area contributed by atoms with Crippen molar-refractivity contribution in [2.24, 2.45) is 0 Å². The van der Waals surface area contributed by atoms with Gasteiger partial charge in [0.05, 0.1) is 16.2 Å². The number of benzene rings is 2. The van der Waals surface area contributed by atoms with E-state index in [2.05, 4.69) is 5.32 Å². The van der Waals surface area contributed by atoms with Crippen LogP contribution in [0.15, 0.2) is 36.4 Å². The molecule has 0 unspecified atom stereocenters. The average Bonchev–Trinajstić information content (AvgIpc) is 2.41. The summed E-state index contributed by atoms with van der Waals surface area (Å²) >= 11 is 0. The van der Waals surface area contributed by atoms with E-state index in [4.69, 9.17) is 0 Å². The lowest BCUT2D eigenvalue weighted by Gasteiger charge is -2.12. The molecule has 0 spiro atoms.